The fourth-order valence-electron chi connectivity index (χ4n) is 1.46. The van der Waals surface area contributed by atoms with Crippen molar-refractivity contribution in [1.82, 2.24) is 4.57 Å². The second-order valence-corrected chi connectivity index (χ2v) is 4.64. The van der Waals surface area contributed by atoms with Gasteiger partial charge in [-0.1, -0.05) is 19.9 Å². The third-order valence-corrected chi connectivity index (χ3v) is 2.08. The third kappa shape index (κ3) is 3.65. The van der Waals surface area contributed by atoms with Crippen LogP contribution in [-0.4, -0.2) is 16.5 Å². The van der Waals surface area contributed by atoms with Crippen LogP contribution in [0.15, 0.2) is 29.4 Å². The Kier molecular flexibility index (Phi) is 4.47. The van der Waals surface area contributed by atoms with Crippen molar-refractivity contribution in [3.8, 4) is 0 Å². The van der Waals surface area contributed by atoms with Crippen LogP contribution < -0.4 is 5.49 Å². The van der Waals surface area contributed by atoms with E-state index in [9.17, 15) is 4.79 Å². The molecule has 1 heterocycles. The van der Waals surface area contributed by atoms with E-state index in [2.05, 4.69) is 4.99 Å². The average molecular weight is 220 g/mol. The molecule has 1 rings (SSSR count). The molecule has 0 aliphatic rings. The number of hydrogen-bond donors (Lipinski definition) is 0. The van der Waals surface area contributed by atoms with Crippen molar-refractivity contribution in [1.29, 1.82) is 0 Å². The van der Waals surface area contributed by atoms with Crippen LogP contribution in [0.25, 0.3) is 0 Å². The highest BCUT2D eigenvalue weighted by atomic mass is 16.2. The molecular weight excluding hydrogens is 200 g/mol. The summed E-state index contributed by atoms with van der Waals surface area (Å²) >= 11 is 0. The van der Waals surface area contributed by atoms with Gasteiger partial charge in [0.05, 0.1) is 0 Å². The molecule has 3 nitrogen and oxygen atoms in total. The molecule has 0 spiro atoms. The van der Waals surface area contributed by atoms with Crippen LogP contribution in [0.5, 0.6) is 0 Å². The molecule has 0 atom stereocenters. The number of rotatable bonds is 3. The first kappa shape index (κ1) is 12.7. The first-order valence-electron chi connectivity index (χ1n) is 5.75. The van der Waals surface area contributed by atoms with Crippen LogP contribution in [0.4, 0.5) is 0 Å². The predicted molar refractivity (Wildman–Crippen MR) is 65.2 cm³/mol. The average Bonchev–Trinajstić information content (AvgIpc) is 2.16. The molecule has 88 valence electrons. The molecule has 0 aliphatic carbocycles. The summed E-state index contributed by atoms with van der Waals surface area (Å²) in [4.78, 5) is 16.4. The summed E-state index contributed by atoms with van der Waals surface area (Å²) in [5.41, 5.74) is 0.739. The quantitative estimate of drug-likeness (QED) is 0.770. The maximum atomic E-state index is 12.0. The Morgan fingerprint density at radius 1 is 1.31 bits per heavy atom. The maximum absolute atomic E-state index is 12.0. The molecule has 0 saturated carbocycles. The van der Waals surface area contributed by atoms with Gasteiger partial charge in [-0.3, -0.25) is 14.4 Å². The Bertz CT molecular complexity index is 416. The Labute approximate surface area is 96.8 Å². The molecule has 0 aliphatic heterocycles. The van der Waals surface area contributed by atoms with Crippen LogP contribution in [-0.2, 0) is 0 Å². The summed E-state index contributed by atoms with van der Waals surface area (Å²) in [6, 6.07) is 5.83. The van der Waals surface area contributed by atoms with E-state index < -0.39 is 0 Å². The summed E-state index contributed by atoms with van der Waals surface area (Å²) in [7, 11) is 0. The fourth-order valence-corrected chi connectivity index (χ4v) is 1.46. The molecular formula is C13H20N2O. The van der Waals surface area contributed by atoms with Gasteiger partial charge in [-0.2, -0.15) is 0 Å². The lowest BCUT2D eigenvalue weighted by Crippen LogP contribution is -2.28. The van der Waals surface area contributed by atoms with Crippen LogP contribution in [0.1, 0.15) is 38.9 Å². The van der Waals surface area contributed by atoms with Crippen LogP contribution in [0.2, 0.25) is 0 Å². The van der Waals surface area contributed by atoms with Crippen molar-refractivity contribution in [2.45, 2.75) is 40.2 Å². The minimum atomic E-state index is 0.106. The summed E-state index contributed by atoms with van der Waals surface area (Å²) in [5.74, 6) is 0.474. The molecule has 0 radical (unpaired) electrons. The molecule has 16 heavy (non-hydrogen) atoms. The van der Waals surface area contributed by atoms with Gasteiger partial charge < -0.3 is 0 Å². The second kappa shape index (κ2) is 5.64. The van der Waals surface area contributed by atoms with Crippen molar-refractivity contribution in [2.24, 2.45) is 10.9 Å². The minimum Gasteiger partial charge on any atom is -0.274 e. The van der Waals surface area contributed by atoms with Gasteiger partial charge in [0.25, 0.3) is 0 Å². The molecule has 0 saturated heterocycles. The van der Waals surface area contributed by atoms with Gasteiger partial charge in [-0.25, -0.2) is 0 Å². The van der Waals surface area contributed by atoms with E-state index in [0.717, 1.165) is 5.49 Å². The molecule has 0 fully saturated rings. The van der Waals surface area contributed by atoms with Crippen molar-refractivity contribution in [3.63, 3.8) is 0 Å². The Morgan fingerprint density at radius 3 is 2.56 bits per heavy atom. The SMILES string of the molecule is CC(C)CC(=O)n1ccccc1=NC(C)C. The molecule has 1 aromatic heterocycles. The van der Waals surface area contributed by atoms with Gasteiger partial charge in [-0.15, -0.1) is 0 Å². The second-order valence-electron chi connectivity index (χ2n) is 4.64. The molecule has 0 N–H and O–H groups in total. The van der Waals surface area contributed by atoms with E-state index in [-0.39, 0.29) is 11.9 Å². The van der Waals surface area contributed by atoms with E-state index in [0.29, 0.717) is 12.3 Å². The number of carbonyl (C=O) groups excluding carboxylic acids is 1. The van der Waals surface area contributed by atoms with Gasteiger partial charge in [0, 0.05) is 18.7 Å². The topological polar surface area (TPSA) is 34.4 Å². The van der Waals surface area contributed by atoms with Gasteiger partial charge in [0.15, 0.2) is 0 Å². The first-order valence-corrected chi connectivity index (χ1v) is 5.75. The molecule has 3 heteroatoms. The maximum Gasteiger partial charge on any atom is 0.232 e. The highest BCUT2D eigenvalue weighted by Gasteiger charge is 2.07. The van der Waals surface area contributed by atoms with Crippen LogP contribution >= 0.6 is 0 Å². The number of nitrogens with zero attached hydrogens (tertiary/aromatic N) is 2. The zero-order valence-corrected chi connectivity index (χ0v) is 10.5. The predicted octanol–water partition coefficient (Wildman–Crippen LogP) is 2.48. The van der Waals surface area contributed by atoms with Gasteiger partial charge >= 0.3 is 0 Å². The van der Waals surface area contributed by atoms with Crippen molar-refractivity contribution in [3.05, 3.63) is 29.9 Å². The zero-order valence-electron chi connectivity index (χ0n) is 10.5. The number of carbonyl (C=O) groups is 1. The Balaban J connectivity index is 3.09. The summed E-state index contributed by atoms with van der Waals surface area (Å²) in [6.07, 6.45) is 2.33. The number of hydrogen-bond acceptors (Lipinski definition) is 2. The number of pyridine rings is 1. The smallest absolute Gasteiger partial charge is 0.232 e. The van der Waals surface area contributed by atoms with Gasteiger partial charge in [0.1, 0.15) is 5.49 Å². The fraction of sp³-hybridized carbons (Fsp3) is 0.538. The lowest BCUT2D eigenvalue weighted by Gasteiger charge is -2.08. The van der Waals surface area contributed by atoms with Crippen molar-refractivity contribution < 1.29 is 4.79 Å². The standard InChI is InChI=1S/C13H20N2O/c1-10(2)9-13(16)15-8-6-5-7-12(15)14-11(3)4/h5-8,10-11H,9H2,1-4H3. The Morgan fingerprint density at radius 2 is 2.00 bits per heavy atom. The van der Waals surface area contributed by atoms with Gasteiger partial charge in [0.2, 0.25) is 5.91 Å². The zero-order chi connectivity index (χ0) is 12.1. The molecule has 0 unspecified atom stereocenters. The van der Waals surface area contributed by atoms with Crippen molar-refractivity contribution >= 4 is 5.91 Å². The van der Waals surface area contributed by atoms with Gasteiger partial charge in [-0.05, 0) is 31.9 Å². The minimum absolute atomic E-state index is 0.106. The van der Waals surface area contributed by atoms with E-state index in [4.69, 9.17) is 0 Å². The lowest BCUT2D eigenvalue weighted by molar-refractivity contribution is 0.0881. The largest absolute Gasteiger partial charge is 0.274 e. The van der Waals surface area contributed by atoms with Crippen molar-refractivity contribution in [2.75, 3.05) is 0 Å². The summed E-state index contributed by atoms with van der Waals surface area (Å²) in [6.45, 7) is 8.09. The molecule has 1 aromatic rings. The van der Waals surface area contributed by atoms with E-state index in [1.165, 1.54) is 0 Å². The molecule has 0 bridgehead atoms. The molecule has 0 aromatic carbocycles. The normalized spacial score (nSPS) is 12.5. The monoisotopic (exact) mass is 220 g/mol. The molecule has 0 amide bonds. The highest BCUT2D eigenvalue weighted by molar-refractivity contribution is 5.78. The van der Waals surface area contributed by atoms with E-state index in [1.54, 1.807) is 10.8 Å². The third-order valence-electron chi connectivity index (χ3n) is 2.08. The van der Waals surface area contributed by atoms with Crippen LogP contribution in [0, 0.1) is 5.92 Å². The van der Waals surface area contributed by atoms with E-state index in [1.807, 2.05) is 45.9 Å². The first-order chi connectivity index (χ1) is 7.50. The summed E-state index contributed by atoms with van der Waals surface area (Å²) in [5, 5.41) is 0. The lowest BCUT2D eigenvalue weighted by atomic mass is 10.1. The highest BCUT2D eigenvalue weighted by Crippen LogP contribution is 2.01. The number of aromatic nitrogens is 1. The Hall–Kier alpha value is -1.38. The summed E-state index contributed by atoms with van der Waals surface area (Å²) < 4.78 is 1.64. The van der Waals surface area contributed by atoms with Crippen LogP contribution in [0.3, 0.4) is 0 Å². The van der Waals surface area contributed by atoms with E-state index >= 15 is 0 Å².